The summed E-state index contributed by atoms with van der Waals surface area (Å²) in [6.07, 6.45) is 1.43. The first kappa shape index (κ1) is 13.3. The van der Waals surface area contributed by atoms with Crippen LogP contribution < -0.4 is 0 Å². The van der Waals surface area contributed by atoms with E-state index in [1.807, 2.05) is 0 Å². The third-order valence-corrected chi connectivity index (χ3v) is 4.01. The molecular weight excluding hydrogens is 216 g/mol. The minimum atomic E-state index is -0.136. The van der Waals surface area contributed by atoms with E-state index < -0.39 is 0 Å². The summed E-state index contributed by atoms with van der Waals surface area (Å²) in [4.78, 5) is 0. The van der Waals surface area contributed by atoms with Crippen LogP contribution >= 0.6 is 0 Å². The first-order valence-corrected chi connectivity index (χ1v) is 6.83. The Kier molecular flexibility index (Phi) is 3.81. The molecule has 4 atom stereocenters. The van der Waals surface area contributed by atoms with E-state index in [4.69, 9.17) is 14.2 Å². The van der Waals surface area contributed by atoms with E-state index >= 15 is 0 Å². The van der Waals surface area contributed by atoms with Crippen molar-refractivity contribution in [2.24, 2.45) is 17.8 Å². The van der Waals surface area contributed by atoms with E-state index in [1.54, 1.807) is 0 Å². The predicted octanol–water partition coefficient (Wildman–Crippen LogP) is 2.84. The Balaban J connectivity index is 2.29. The SMILES string of the molecule is CC(C)C[C@]12COCO[C@@H](C1C(C)C)[C@H](C)O2. The second-order valence-corrected chi connectivity index (χ2v) is 6.35. The molecule has 0 N–H and O–H groups in total. The van der Waals surface area contributed by atoms with Crippen molar-refractivity contribution in [1.29, 1.82) is 0 Å². The molecule has 0 aliphatic carbocycles. The normalized spacial score (nSPS) is 42.2. The van der Waals surface area contributed by atoms with E-state index in [2.05, 4.69) is 34.6 Å². The molecule has 0 aromatic rings. The fourth-order valence-corrected chi connectivity index (χ4v) is 3.74. The lowest BCUT2D eigenvalue weighted by molar-refractivity contribution is -0.168. The Morgan fingerprint density at radius 1 is 1.24 bits per heavy atom. The van der Waals surface area contributed by atoms with Gasteiger partial charge in [0.2, 0.25) is 0 Å². The molecule has 2 rings (SSSR count). The minimum Gasteiger partial charge on any atom is -0.367 e. The number of rotatable bonds is 3. The van der Waals surface area contributed by atoms with Crippen LogP contribution in [0.25, 0.3) is 0 Å². The molecule has 0 aromatic heterocycles. The van der Waals surface area contributed by atoms with Gasteiger partial charge < -0.3 is 14.2 Å². The summed E-state index contributed by atoms with van der Waals surface area (Å²) in [7, 11) is 0. The smallest absolute Gasteiger partial charge is 0.147 e. The topological polar surface area (TPSA) is 27.7 Å². The maximum absolute atomic E-state index is 6.29. The van der Waals surface area contributed by atoms with Crippen LogP contribution in [0.3, 0.4) is 0 Å². The van der Waals surface area contributed by atoms with Crippen LogP contribution in [0.4, 0.5) is 0 Å². The number of hydrogen-bond donors (Lipinski definition) is 0. The first-order chi connectivity index (χ1) is 7.96. The van der Waals surface area contributed by atoms with Crippen LogP contribution in [0.15, 0.2) is 0 Å². The second-order valence-electron chi connectivity index (χ2n) is 6.35. The Morgan fingerprint density at radius 3 is 2.53 bits per heavy atom. The first-order valence-electron chi connectivity index (χ1n) is 6.83. The van der Waals surface area contributed by atoms with Crippen molar-refractivity contribution in [3.05, 3.63) is 0 Å². The molecule has 2 aliphatic rings. The molecule has 17 heavy (non-hydrogen) atoms. The molecule has 2 heterocycles. The highest BCUT2D eigenvalue weighted by molar-refractivity contribution is 5.03. The van der Waals surface area contributed by atoms with Crippen LogP contribution in [0.2, 0.25) is 0 Å². The van der Waals surface area contributed by atoms with Crippen molar-refractivity contribution < 1.29 is 14.2 Å². The second kappa shape index (κ2) is 4.87. The zero-order valence-corrected chi connectivity index (χ0v) is 11.7. The summed E-state index contributed by atoms with van der Waals surface area (Å²) in [6.45, 7) is 12.3. The number of hydrogen-bond acceptors (Lipinski definition) is 3. The van der Waals surface area contributed by atoms with Gasteiger partial charge in [0, 0.05) is 5.92 Å². The quantitative estimate of drug-likeness (QED) is 0.761. The summed E-state index contributed by atoms with van der Waals surface area (Å²) in [5, 5.41) is 0. The molecule has 100 valence electrons. The minimum absolute atomic E-state index is 0.136. The third kappa shape index (κ3) is 2.38. The van der Waals surface area contributed by atoms with Crippen molar-refractivity contribution >= 4 is 0 Å². The summed E-state index contributed by atoms with van der Waals surface area (Å²) in [5.41, 5.74) is -0.136. The van der Waals surface area contributed by atoms with Gasteiger partial charge in [-0.3, -0.25) is 0 Å². The monoisotopic (exact) mass is 242 g/mol. The van der Waals surface area contributed by atoms with Crippen molar-refractivity contribution in [1.82, 2.24) is 0 Å². The molecule has 0 spiro atoms. The van der Waals surface area contributed by atoms with Crippen LogP contribution in [-0.4, -0.2) is 31.2 Å². The van der Waals surface area contributed by atoms with E-state index in [1.165, 1.54) is 0 Å². The average Bonchev–Trinajstić information content (AvgIpc) is 2.36. The van der Waals surface area contributed by atoms with Gasteiger partial charge >= 0.3 is 0 Å². The van der Waals surface area contributed by atoms with Crippen molar-refractivity contribution in [3.8, 4) is 0 Å². The highest BCUT2D eigenvalue weighted by Crippen LogP contribution is 2.47. The van der Waals surface area contributed by atoms with Crippen LogP contribution in [0.5, 0.6) is 0 Å². The van der Waals surface area contributed by atoms with E-state index in [-0.39, 0.29) is 17.8 Å². The molecule has 2 saturated heterocycles. The molecule has 0 saturated carbocycles. The molecule has 2 aliphatic heterocycles. The lowest BCUT2D eigenvalue weighted by atomic mass is 9.74. The Morgan fingerprint density at radius 2 is 1.94 bits per heavy atom. The van der Waals surface area contributed by atoms with Crippen LogP contribution in [0, 0.1) is 17.8 Å². The summed E-state index contributed by atoms with van der Waals surface area (Å²) in [5.74, 6) is 1.62. The van der Waals surface area contributed by atoms with Crippen LogP contribution in [-0.2, 0) is 14.2 Å². The maximum atomic E-state index is 6.29. The highest BCUT2D eigenvalue weighted by Gasteiger charge is 2.56. The summed E-state index contributed by atoms with van der Waals surface area (Å²) in [6, 6.07) is 0. The van der Waals surface area contributed by atoms with Gasteiger partial charge in [-0.25, -0.2) is 0 Å². The van der Waals surface area contributed by atoms with Gasteiger partial charge in [0.05, 0.1) is 24.4 Å². The zero-order chi connectivity index (χ0) is 12.6. The highest BCUT2D eigenvalue weighted by atomic mass is 16.7. The molecule has 3 heteroatoms. The van der Waals surface area contributed by atoms with E-state index in [0.29, 0.717) is 31.2 Å². The van der Waals surface area contributed by atoms with Gasteiger partial charge in [0.1, 0.15) is 6.79 Å². The van der Waals surface area contributed by atoms with Crippen molar-refractivity contribution in [3.63, 3.8) is 0 Å². The van der Waals surface area contributed by atoms with Gasteiger partial charge in [-0.05, 0) is 25.2 Å². The fraction of sp³-hybridized carbons (Fsp3) is 1.00. The summed E-state index contributed by atoms with van der Waals surface area (Å²) >= 11 is 0. The van der Waals surface area contributed by atoms with E-state index in [9.17, 15) is 0 Å². The van der Waals surface area contributed by atoms with Crippen molar-refractivity contribution in [2.45, 2.75) is 58.8 Å². The van der Waals surface area contributed by atoms with Gasteiger partial charge in [-0.15, -0.1) is 0 Å². The molecule has 0 aromatic carbocycles. The Labute approximate surface area is 105 Å². The van der Waals surface area contributed by atoms with Crippen molar-refractivity contribution in [2.75, 3.05) is 13.4 Å². The Bertz CT molecular complexity index is 260. The Hall–Kier alpha value is -0.120. The van der Waals surface area contributed by atoms with Gasteiger partial charge in [0.25, 0.3) is 0 Å². The van der Waals surface area contributed by atoms with Gasteiger partial charge in [-0.2, -0.15) is 0 Å². The molecular formula is C14H26O3. The largest absolute Gasteiger partial charge is 0.367 e. The lowest BCUT2D eigenvalue weighted by Crippen LogP contribution is -2.45. The predicted molar refractivity (Wildman–Crippen MR) is 66.8 cm³/mol. The lowest BCUT2D eigenvalue weighted by Gasteiger charge is -2.37. The molecule has 3 nitrogen and oxygen atoms in total. The average molecular weight is 242 g/mol. The number of fused-ring (bicyclic) bond motifs is 2. The van der Waals surface area contributed by atoms with Crippen LogP contribution in [0.1, 0.15) is 41.0 Å². The zero-order valence-electron chi connectivity index (χ0n) is 11.7. The maximum Gasteiger partial charge on any atom is 0.147 e. The molecule has 2 bridgehead atoms. The molecule has 0 radical (unpaired) electrons. The van der Waals surface area contributed by atoms with Gasteiger partial charge in [0.15, 0.2) is 0 Å². The van der Waals surface area contributed by atoms with Gasteiger partial charge in [-0.1, -0.05) is 27.7 Å². The molecule has 2 fully saturated rings. The summed E-state index contributed by atoms with van der Waals surface area (Å²) < 4.78 is 17.7. The standard InChI is InChI=1S/C14H26O3/c1-9(2)6-14-7-15-8-16-13(11(5)17-14)12(14)10(3)4/h9-13H,6-8H2,1-5H3/t11-,12?,13+,14-/m0/s1. The fourth-order valence-electron chi connectivity index (χ4n) is 3.74. The molecule has 0 amide bonds. The number of ether oxygens (including phenoxy) is 3. The van der Waals surface area contributed by atoms with E-state index in [0.717, 1.165) is 6.42 Å². The third-order valence-electron chi connectivity index (χ3n) is 4.01. The molecule has 1 unspecified atom stereocenters.